The highest BCUT2D eigenvalue weighted by Gasteiger charge is 2.08. The summed E-state index contributed by atoms with van der Waals surface area (Å²) in [7, 11) is 2.13. The van der Waals surface area contributed by atoms with Crippen molar-refractivity contribution in [1.29, 1.82) is 0 Å². The van der Waals surface area contributed by atoms with Crippen molar-refractivity contribution in [1.82, 2.24) is 4.57 Å². The van der Waals surface area contributed by atoms with Crippen LogP contribution in [-0.2, 0) is 7.05 Å². The summed E-state index contributed by atoms with van der Waals surface area (Å²) in [5.41, 5.74) is 1.36. The van der Waals surface area contributed by atoms with E-state index in [1.165, 1.54) is 20.4 Å². The van der Waals surface area contributed by atoms with Gasteiger partial charge in [0.1, 0.15) is 4.83 Å². The first-order valence-corrected chi connectivity index (χ1v) is 5.53. The molecule has 0 fully saturated rings. The van der Waals surface area contributed by atoms with Gasteiger partial charge in [0.2, 0.25) is 0 Å². The molecule has 3 rings (SSSR count). The van der Waals surface area contributed by atoms with Gasteiger partial charge in [-0.3, -0.25) is 0 Å². The van der Waals surface area contributed by atoms with Crippen LogP contribution >= 0.6 is 22.7 Å². The number of thiophene rings is 2. The molecule has 0 saturated heterocycles. The van der Waals surface area contributed by atoms with Crippen molar-refractivity contribution < 1.29 is 0 Å². The second kappa shape index (κ2) is 2.12. The predicted molar refractivity (Wildman–Crippen MR) is 56.2 cm³/mol. The molecule has 3 heteroatoms. The van der Waals surface area contributed by atoms with Crippen LogP contribution in [0.1, 0.15) is 0 Å². The van der Waals surface area contributed by atoms with Crippen molar-refractivity contribution in [2.45, 2.75) is 0 Å². The molecule has 0 atom stereocenters. The zero-order chi connectivity index (χ0) is 8.13. The zero-order valence-electron chi connectivity index (χ0n) is 6.57. The van der Waals surface area contributed by atoms with Crippen LogP contribution in [0.5, 0.6) is 0 Å². The first-order chi connectivity index (χ1) is 5.88. The fourth-order valence-corrected chi connectivity index (χ4v) is 3.51. The average molecular weight is 193 g/mol. The van der Waals surface area contributed by atoms with E-state index in [9.17, 15) is 0 Å². The lowest BCUT2D eigenvalue weighted by Gasteiger charge is -1.90. The van der Waals surface area contributed by atoms with Gasteiger partial charge in [0.25, 0.3) is 0 Å². The normalized spacial score (nSPS) is 11.8. The molecule has 0 aromatic carbocycles. The number of nitrogens with zero attached hydrogens (tertiary/aromatic N) is 1. The fraction of sp³-hybridized carbons (Fsp3) is 0.111. The van der Waals surface area contributed by atoms with Gasteiger partial charge in [-0.1, -0.05) is 0 Å². The van der Waals surface area contributed by atoms with Gasteiger partial charge in [-0.15, -0.1) is 22.7 Å². The Balaban J connectivity index is 2.76. The molecule has 0 aliphatic heterocycles. The van der Waals surface area contributed by atoms with E-state index in [-0.39, 0.29) is 0 Å². The minimum absolute atomic E-state index is 1.36. The number of aryl methyl sites for hydroxylation is 1. The second-order valence-corrected chi connectivity index (χ2v) is 4.64. The lowest BCUT2D eigenvalue weighted by atomic mass is 10.4. The Kier molecular flexibility index (Phi) is 1.18. The standard InChI is InChI=1S/C9H7NS2/c1-10-7-3-5-11-8(7)6-2-4-12-9(6)10/h2-5H,1H3. The van der Waals surface area contributed by atoms with E-state index in [1.807, 2.05) is 22.7 Å². The largest absolute Gasteiger partial charge is 0.335 e. The van der Waals surface area contributed by atoms with Gasteiger partial charge < -0.3 is 4.57 Å². The SMILES string of the molecule is Cn1c2ccsc2c2ccsc21. The van der Waals surface area contributed by atoms with Crippen molar-refractivity contribution in [3.8, 4) is 0 Å². The summed E-state index contributed by atoms with van der Waals surface area (Å²) < 4.78 is 3.69. The van der Waals surface area contributed by atoms with E-state index in [0.717, 1.165) is 0 Å². The lowest BCUT2D eigenvalue weighted by molar-refractivity contribution is 1.03. The molecule has 0 amide bonds. The molecule has 1 nitrogen and oxygen atoms in total. The molecule has 12 heavy (non-hydrogen) atoms. The van der Waals surface area contributed by atoms with Gasteiger partial charge >= 0.3 is 0 Å². The number of aromatic nitrogens is 1. The van der Waals surface area contributed by atoms with Gasteiger partial charge in [-0.05, 0) is 22.9 Å². The Morgan fingerprint density at radius 3 is 2.92 bits per heavy atom. The van der Waals surface area contributed by atoms with Gasteiger partial charge in [0.15, 0.2) is 0 Å². The summed E-state index contributed by atoms with van der Waals surface area (Å²) in [6.07, 6.45) is 0. The third kappa shape index (κ3) is 0.635. The van der Waals surface area contributed by atoms with E-state index in [1.54, 1.807) is 0 Å². The van der Waals surface area contributed by atoms with Gasteiger partial charge in [-0.2, -0.15) is 0 Å². The summed E-state index contributed by atoms with van der Waals surface area (Å²) >= 11 is 3.64. The quantitative estimate of drug-likeness (QED) is 0.515. The molecule has 3 aromatic heterocycles. The molecule has 60 valence electrons. The van der Waals surface area contributed by atoms with Crippen LogP contribution in [0, 0.1) is 0 Å². The highest BCUT2D eigenvalue weighted by Crippen LogP contribution is 2.34. The third-order valence-electron chi connectivity index (χ3n) is 2.20. The van der Waals surface area contributed by atoms with E-state index in [0.29, 0.717) is 0 Å². The predicted octanol–water partition coefficient (Wildman–Crippen LogP) is 3.45. The van der Waals surface area contributed by atoms with Crippen molar-refractivity contribution >= 4 is 43.1 Å². The smallest absolute Gasteiger partial charge is 0.104 e. The van der Waals surface area contributed by atoms with Crippen LogP contribution in [0.2, 0.25) is 0 Å². The van der Waals surface area contributed by atoms with Crippen LogP contribution in [0.15, 0.2) is 22.9 Å². The molecule has 0 saturated carbocycles. The summed E-state index contributed by atoms with van der Waals surface area (Å²) in [5.74, 6) is 0. The van der Waals surface area contributed by atoms with Crippen LogP contribution in [-0.4, -0.2) is 4.57 Å². The first kappa shape index (κ1) is 6.69. The summed E-state index contributed by atoms with van der Waals surface area (Å²) in [6, 6.07) is 4.39. The molecule has 0 spiro atoms. The van der Waals surface area contributed by atoms with Crippen molar-refractivity contribution in [3.63, 3.8) is 0 Å². The molecule has 3 heterocycles. The van der Waals surface area contributed by atoms with E-state index in [2.05, 4.69) is 34.5 Å². The van der Waals surface area contributed by atoms with Gasteiger partial charge in [0.05, 0.1) is 10.2 Å². The van der Waals surface area contributed by atoms with Crippen LogP contribution in [0.3, 0.4) is 0 Å². The molecule has 0 aliphatic rings. The average Bonchev–Trinajstić information content (AvgIpc) is 2.72. The summed E-state index contributed by atoms with van der Waals surface area (Å²) in [5, 5.41) is 5.72. The topological polar surface area (TPSA) is 4.93 Å². The highest BCUT2D eigenvalue weighted by atomic mass is 32.1. The second-order valence-electron chi connectivity index (χ2n) is 2.83. The minimum Gasteiger partial charge on any atom is -0.335 e. The Morgan fingerprint density at radius 2 is 2.00 bits per heavy atom. The molecule has 0 N–H and O–H groups in total. The van der Waals surface area contributed by atoms with Crippen LogP contribution < -0.4 is 0 Å². The fourth-order valence-electron chi connectivity index (χ4n) is 1.61. The van der Waals surface area contributed by atoms with E-state index >= 15 is 0 Å². The van der Waals surface area contributed by atoms with Gasteiger partial charge in [-0.25, -0.2) is 0 Å². The number of fused-ring (bicyclic) bond motifs is 3. The van der Waals surface area contributed by atoms with Crippen LogP contribution in [0.25, 0.3) is 20.4 Å². The Morgan fingerprint density at radius 1 is 1.17 bits per heavy atom. The maximum atomic E-state index is 2.27. The van der Waals surface area contributed by atoms with Crippen molar-refractivity contribution in [3.05, 3.63) is 22.9 Å². The van der Waals surface area contributed by atoms with Crippen molar-refractivity contribution in [2.75, 3.05) is 0 Å². The van der Waals surface area contributed by atoms with Crippen molar-refractivity contribution in [2.24, 2.45) is 7.05 Å². The first-order valence-electron chi connectivity index (χ1n) is 3.77. The highest BCUT2D eigenvalue weighted by molar-refractivity contribution is 7.21. The third-order valence-corrected chi connectivity index (χ3v) is 4.13. The number of rotatable bonds is 0. The lowest BCUT2D eigenvalue weighted by Crippen LogP contribution is -1.81. The van der Waals surface area contributed by atoms with Gasteiger partial charge in [0, 0.05) is 12.4 Å². The molecule has 0 aliphatic carbocycles. The Bertz CT molecular complexity index is 493. The molecule has 0 unspecified atom stereocenters. The molecule has 0 radical (unpaired) electrons. The van der Waals surface area contributed by atoms with E-state index < -0.39 is 0 Å². The zero-order valence-corrected chi connectivity index (χ0v) is 8.21. The van der Waals surface area contributed by atoms with Crippen LogP contribution in [0.4, 0.5) is 0 Å². The van der Waals surface area contributed by atoms with E-state index in [4.69, 9.17) is 0 Å². The number of hydrogen-bond acceptors (Lipinski definition) is 2. The molecule has 0 bridgehead atoms. The molecular weight excluding hydrogens is 186 g/mol. The summed E-state index contributed by atoms with van der Waals surface area (Å²) in [6.45, 7) is 0. The minimum atomic E-state index is 1.36. The molecular formula is C9H7NS2. The maximum Gasteiger partial charge on any atom is 0.104 e. The summed E-state index contributed by atoms with van der Waals surface area (Å²) in [4.78, 5) is 1.39. The maximum absolute atomic E-state index is 2.27. The molecule has 3 aromatic rings. The monoisotopic (exact) mass is 193 g/mol. The Hall–Kier alpha value is -0.800. The number of hydrogen-bond donors (Lipinski definition) is 0. The Labute approximate surface area is 77.9 Å².